The van der Waals surface area contributed by atoms with Gasteiger partial charge in [-0.25, -0.2) is 0 Å². The number of piperidine rings is 1. The Morgan fingerprint density at radius 1 is 1.15 bits per heavy atom. The molecule has 0 bridgehead atoms. The van der Waals surface area contributed by atoms with Crippen LogP contribution in [0.25, 0.3) is 11.1 Å². The van der Waals surface area contributed by atoms with Gasteiger partial charge in [0.15, 0.2) is 6.61 Å². The molecule has 3 rings (SSSR count). The van der Waals surface area contributed by atoms with E-state index in [2.05, 4.69) is 15.9 Å². The molecule has 2 aromatic carbocycles. The summed E-state index contributed by atoms with van der Waals surface area (Å²) >= 11 is 3.49. The van der Waals surface area contributed by atoms with Crippen molar-refractivity contribution in [2.75, 3.05) is 19.7 Å². The highest BCUT2D eigenvalue weighted by atomic mass is 79.9. The molecule has 2 aromatic rings. The van der Waals surface area contributed by atoms with E-state index >= 15 is 0 Å². The van der Waals surface area contributed by atoms with Crippen molar-refractivity contribution in [3.05, 3.63) is 53.0 Å². The first-order valence-corrected chi connectivity index (χ1v) is 9.32. The van der Waals surface area contributed by atoms with Gasteiger partial charge in [0.25, 0.3) is 5.91 Å². The van der Waals surface area contributed by atoms with E-state index in [0.29, 0.717) is 25.1 Å². The number of likely N-dealkylation sites (tertiary alicyclic amines) is 1. The lowest BCUT2D eigenvalue weighted by Gasteiger charge is -2.30. The number of aliphatic carboxylic acids is 1. The summed E-state index contributed by atoms with van der Waals surface area (Å²) in [4.78, 5) is 25.0. The maximum Gasteiger partial charge on any atom is 0.308 e. The minimum atomic E-state index is -0.845. The summed E-state index contributed by atoms with van der Waals surface area (Å²) in [5, 5.41) is 9.13. The average Bonchev–Trinajstić information content (AvgIpc) is 2.67. The Morgan fingerprint density at radius 2 is 1.92 bits per heavy atom. The third-order valence-corrected chi connectivity index (χ3v) is 5.13. The first kappa shape index (κ1) is 18.5. The minimum Gasteiger partial charge on any atom is -0.483 e. The molecule has 1 unspecified atom stereocenters. The van der Waals surface area contributed by atoms with Gasteiger partial charge in [0.05, 0.1) is 10.4 Å². The fourth-order valence-electron chi connectivity index (χ4n) is 3.06. The van der Waals surface area contributed by atoms with Gasteiger partial charge >= 0.3 is 5.97 Å². The molecule has 1 saturated heterocycles. The lowest BCUT2D eigenvalue weighted by atomic mass is 9.98. The van der Waals surface area contributed by atoms with Crippen LogP contribution in [0.2, 0.25) is 0 Å². The zero-order valence-electron chi connectivity index (χ0n) is 14.2. The summed E-state index contributed by atoms with van der Waals surface area (Å²) in [6.45, 7) is 0.737. The summed E-state index contributed by atoms with van der Waals surface area (Å²) in [6, 6.07) is 15.7. The van der Waals surface area contributed by atoms with Crippen LogP contribution < -0.4 is 4.74 Å². The second-order valence-corrected chi connectivity index (χ2v) is 7.17. The quantitative estimate of drug-likeness (QED) is 0.802. The predicted molar refractivity (Wildman–Crippen MR) is 102 cm³/mol. The zero-order valence-corrected chi connectivity index (χ0v) is 15.8. The van der Waals surface area contributed by atoms with Crippen LogP contribution in [-0.2, 0) is 9.59 Å². The van der Waals surface area contributed by atoms with E-state index in [1.165, 1.54) is 0 Å². The number of carboxylic acids is 1. The first-order valence-electron chi connectivity index (χ1n) is 8.53. The standard InChI is InChI=1S/C20H20BrNO4/c21-17-11-15(14-5-2-1-3-6-14)8-9-18(17)26-13-19(23)22-10-4-7-16(12-22)20(24)25/h1-3,5-6,8-9,11,16H,4,7,10,12-13H2,(H,24,25). The molecule has 0 aliphatic carbocycles. The molecule has 0 saturated carbocycles. The van der Waals surface area contributed by atoms with Crippen LogP contribution in [0, 0.1) is 5.92 Å². The van der Waals surface area contributed by atoms with Crippen molar-refractivity contribution in [3.63, 3.8) is 0 Å². The van der Waals surface area contributed by atoms with Crippen LogP contribution in [0.5, 0.6) is 5.75 Å². The molecular formula is C20H20BrNO4. The summed E-state index contributed by atoms with van der Waals surface area (Å²) < 4.78 is 6.42. The maximum atomic E-state index is 12.3. The van der Waals surface area contributed by atoms with Crippen LogP contribution in [0.4, 0.5) is 0 Å². The second kappa shape index (κ2) is 8.36. The lowest BCUT2D eigenvalue weighted by molar-refractivity contribution is -0.146. The second-order valence-electron chi connectivity index (χ2n) is 6.32. The molecular weight excluding hydrogens is 398 g/mol. The van der Waals surface area contributed by atoms with Crippen molar-refractivity contribution in [1.82, 2.24) is 4.90 Å². The largest absolute Gasteiger partial charge is 0.483 e. The number of halogens is 1. The number of nitrogens with zero attached hydrogens (tertiary/aromatic N) is 1. The molecule has 5 nitrogen and oxygen atoms in total. The molecule has 0 spiro atoms. The number of hydrogen-bond donors (Lipinski definition) is 1. The van der Waals surface area contributed by atoms with Gasteiger partial charge in [0.1, 0.15) is 5.75 Å². The van der Waals surface area contributed by atoms with Crippen LogP contribution in [-0.4, -0.2) is 41.6 Å². The van der Waals surface area contributed by atoms with Gasteiger partial charge in [-0.1, -0.05) is 36.4 Å². The fraction of sp³-hybridized carbons (Fsp3) is 0.300. The van der Waals surface area contributed by atoms with Gasteiger partial charge in [0.2, 0.25) is 0 Å². The molecule has 0 radical (unpaired) electrons. The molecule has 1 fully saturated rings. The molecule has 1 aliphatic rings. The van der Waals surface area contributed by atoms with Crippen molar-refractivity contribution in [2.24, 2.45) is 5.92 Å². The highest BCUT2D eigenvalue weighted by molar-refractivity contribution is 9.10. The Hall–Kier alpha value is -2.34. The third kappa shape index (κ3) is 4.43. The van der Waals surface area contributed by atoms with Gasteiger partial charge in [-0.2, -0.15) is 0 Å². The van der Waals surface area contributed by atoms with E-state index < -0.39 is 11.9 Å². The Bertz CT molecular complexity index is 794. The van der Waals surface area contributed by atoms with Crippen molar-refractivity contribution in [2.45, 2.75) is 12.8 Å². The number of carbonyl (C=O) groups excluding carboxylic acids is 1. The number of hydrogen-bond acceptors (Lipinski definition) is 3. The number of amides is 1. The molecule has 136 valence electrons. The third-order valence-electron chi connectivity index (χ3n) is 4.51. The van der Waals surface area contributed by atoms with Crippen LogP contribution in [0.15, 0.2) is 53.0 Å². The van der Waals surface area contributed by atoms with E-state index in [9.17, 15) is 9.59 Å². The molecule has 6 heteroatoms. The van der Waals surface area contributed by atoms with Crippen molar-refractivity contribution in [3.8, 4) is 16.9 Å². The molecule has 1 aliphatic heterocycles. The Morgan fingerprint density at radius 3 is 2.62 bits per heavy atom. The number of rotatable bonds is 5. The average molecular weight is 418 g/mol. The van der Waals surface area contributed by atoms with Gasteiger partial charge in [0, 0.05) is 13.1 Å². The summed E-state index contributed by atoms with van der Waals surface area (Å²) in [5.41, 5.74) is 2.15. The number of carboxylic acid groups (broad SMARTS) is 1. The normalized spacial score (nSPS) is 17.0. The van der Waals surface area contributed by atoms with Gasteiger partial charge in [-0.3, -0.25) is 9.59 Å². The maximum absolute atomic E-state index is 12.3. The van der Waals surface area contributed by atoms with E-state index in [1.807, 2.05) is 48.5 Å². The summed E-state index contributed by atoms with van der Waals surface area (Å²) in [6.07, 6.45) is 1.32. The molecule has 26 heavy (non-hydrogen) atoms. The number of ether oxygens (including phenoxy) is 1. The van der Waals surface area contributed by atoms with Crippen LogP contribution >= 0.6 is 15.9 Å². The molecule has 1 N–H and O–H groups in total. The van der Waals surface area contributed by atoms with Crippen molar-refractivity contribution in [1.29, 1.82) is 0 Å². The molecule has 0 aromatic heterocycles. The zero-order chi connectivity index (χ0) is 18.5. The van der Waals surface area contributed by atoms with Crippen molar-refractivity contribution >= 4 is 27.8 Å². The SMILES string of the molecule is O=C(O)C1CCCN(C(=O)COc2ccc(-c3ccccc3)cc2Br)C1. The highest BCUT2D eigenvalue weighted by Gasteiger charge is 2.28. The Labute approximate surface area is 160 Å². The van der Waals surface area contributed by atoms with Gasteiger partial charge in [-0.05, 0) is 52.0 Å². The highest BCUT2D eigenvalue weighted by Crippen LogP contribution is 2.30. The van der Waals surface area contributed by atoms with Crippen LogP contribution in [0.3, 0.4) is 0 Å². The number of carbonyl (C=O) groups is 2. The van der Waals surface area contributed by atoms with Crippen LogP contribution in [0.1, 0.15) is 12.8 Å². The minimum absolute atomic E-state index is 0.102. The molecule has 1 heterocycles. The van der Waals surface area contributed by atoms with E-state index in [4.69, 9.17) is 9.84 Å². The molecule has 1 atom stereocenters. The van der Waals surface area contributed by atoms with E-state index in [1.54, 1.807) is 4.90 Å². The van der Waals surface area contributed by atoms with E-state index in [0.717, 1.165) is 15.6 Å². The fourth-order valence-corrected chi connectivity index (χ4v) is 3.56. The lowest BCUT2D eigenvalue weighted by Crippen LogP contribution is -2.44. The monoisotopic (exact) mass is 417 g/mol. The predicted octanol–water partition coefficient (Wildman–Crippen LogP) is 3.82. The Kier molecular flexibility index (Phi) is 5.93. The van der Waals surface area contributed by atoms with E-state index in [-0.39, 0.29) is 19.1 Å². The number of benzene rings is 2. The summed E-state index contributed by atoms with van der Waals surface area (Å²) in [5.74, 6) is -0.924. The van der Waals surface area contributed by atoms with Gasteiger partial charge < -0.3 is 14.7 Å². The Balaban J connectivity index is 1.61. The smallest absolute Gasteiger partial charge is 0.308 e. The topological polar surface area (TPSA) is 66.8 Å². The molecule has 1 amide bonds. The summed E-state index contributed by atoms with van der Waals surface area (Å²) in [7, 11) is 0. The van der Waals surface area contributed by atoms with Crippen molar-refractivity contribution < 1.29 is 19.4 Å². The first-order chi connectivity index (χ1) is 12.5. The van der Waals surface area contributed by atoms with Gasteiger partial charge in [-0.15, -0.1) is 0 Å².